The van der Waals surface area contributed by atoms with Gasteiger partial charge in [-0.1, -0.05) is 23.7 Å². The predicted molar refractivity (Wildman–Crippen MR) is 111 cm³/mol. The Morgan fingerprint density at radius 3 is 2.76 bits per heavy atom. The number of hydrogen-bond donors (Lipinski definition) is 1. The number of benzene rings is 2. The zero-order chi connectivity index (χ0) is 21.0. The number of alkyl halides is 1. The molecule has 0 radical (unpaired) electrons. The maximum Gasteiger partial charge on any atom is 0.320 e. The summed E-state index contributed by atoms with van der Waals surface area (Å²) in [6.07, 6.45) is 0.833. The van der Waals surface area contributed by atoms with Gasteiger partial charge in [0.1, 0.15) is 12.5 Å². The van der Waals surface area contributed by atoms with Crippen LogP contribution < -0.4 is 5.32 Å². The highest BCUT2D eigenvalue weighted by molar-refractivity contribution is 6.30. The maximum atomic E-state index is 13.6. The first-order valence-corrected chi connectivity index (χ1v) is 10.1. The van der Waals surface area contributed by atoms with Crippen LogP contribution in [0.1, 0.15) is 34.7 Å². The highest BCUT2D eigenvalue weighted by Crippen LogP contribution is 2.27. The number of aryl methyl sites for hydroxylation is 1. The summed E-state index contributed by atoms with van der Waals surface area (Å²) in [5.74, 6) is -0.285. The van der Waals surface area contributed by atoms with Crippen LogP contribution in [0.5, 0.6) is 0 Å². The van der Waals surface area contributed by atoms with Crippen LogP contribution >= 0.6 is 11.6 Å². The minimum Gasteiger partial charge on any atom is -0.323 e. The lowest BCUT2D eigenvalue weighted by Gasteiger charge is -2.34. The molecule has 1 N–H and O–H groups in total. The number of halogens is 3. The van der Waals surface area contributed by atoms with Gasteiger partial charge in [0.25, 0.3) is 0 Å². The van der Waals surface area contributed by atoms with Crippen LogP contribution in [-0.4, -0.2) is 42.5 Å². The molecule has 7 heteroatoms. The molecule has 4 nitrogen and oxygen atoms in total. The predicted octanol–water partition coefficient (Wildman–Crippen LogP) is 4.85. The summed E-state index contributed by atoms with van der Waals surface area (Å²) < 4.78 is 26.6. The molecule has 1 fully saturated rings. The molecule has 0 spiro atoms. The number of carbonyl (C=O) groups is 1. The van der Waals surface area contributed by atoms with Gasteiger partial charge < -0.3 is 15.1 Å². The van der Waals surface area contributed by atoms with Gasteiger partial charge >= 0.3 is 6.03 Å². The molecule has 2 aromatic rings. The molecule has 2 aromatic carbocycles. The Labute approximate surface area is 175 Å². The van der Waals surface area contributed by atoms with Crippen molar-refractivity contribution >= 4 is 17.6 Å². The van der Waals surface area contributed by atoms with Crippen LogP contribution in [0.4, 0.5) is 13.6 Å². The van der Waals surface area contributed by atoms with E-state index in [2.05, 4.69) is 5.32 Å². The summed E-state index contributed by atoms with van der Waals surface area (Å²) in [6.45, 7) is 3.61. The average molecular weight is 422 g/mol. The lowest BCUT2D eigenvalue weighted by Crippen LogP contribution is -2.44. The van der Waals surface area contributed by atoms with E-state index in [0.717, 1.165) is 29.7 Å². The van der Waals surface area contributed by atoms with Crippen molar-refractivity contribution in [2.24, 2.45) is 0 Å². The van der Waals surface area contributed by atoms with E-state index >= 15 is 0 Å². The lowest BCUT2D eigenvalue weighted by molar-refractivity contribution is 0.143. The third-order valence-corrected chi connectivity index (χ3v) is 5.44. The summed E-state index contributed by atoms with van der Waals surface area (Å²) in [4.78, 5) is 16.7. The number of rotatable bonds is 4. The summed E-state index contributed by atoms with van der Waals surface area (Å²) in [5, 5.41) is 3.82. The van der Waals surface area contributed by atoms with Crippen molar-refractivity contribution in [2.45, 2.75) is 32.6 Å². The normalized spacial score (nSPS) is 17.1. The Kier molecular flexibility index (Phi) is 7.09. The molecule has 1 heterocycles. The monoisotopic (exact) mass is 421 g/mol. The van der Waals surface area contributed by atoms with Crippen LogP contribution in [0.15, 0.2) is 36.4 Å². The minimum atomic E-state index is -0.602. The van der Waals surface area contributed by atoms with Crippen molar-refractivity contribution in [3.63, 3.8) is 0 Å². The molecule has 1 aliphatic heterocycles. The Bertz CT molecular complexity index is 877. The topological polar surface area (TPSA) is 35.6 Å². The largest absolute Gasteiger partial charge is 0.323 e. The first-order chi connectivity index (χ1) is 13.9. The molecule has 1 atom stereocenters. The van der Waals surface area contributed by atoms with Crippen molar-refractivity contribution in [1.29, 1.82) is 0 Å². The number of urea groups is 1. The van der Waals surface area contributed by atoms with E-state index in [0.29, 0.717) is 30.2 Å². The number of amides is 2. The van der Waals surface area contributed by atoms with Crippen molar-refractivity contribution in [1.82, 2.24) is 15.1 Å². The highest BCUT2D eigenvalue weighted by Gasteiger charge is 2.29. The maximum absolute atomic E-state index is 13.6. The second kappa shape index (κ2) is 9.55. The fraction of sp³-hybridized carbons (Fsp3) is 0.409. The van der Waals surface area contributed by atoms with E-state index in [9.17, 15) is 13.6 Å². The fourth-order valence-electron chi connectivity index (χ4n) is 3.85. The molecule has 0 aromatic heterocycles. The zero-order valence-electron chi connectivity index (χ0n) is 16.7. The number of hydrogen-bond acceptors (Lipinski definition) is 2. The first-order valence-electron chi connectivity index (χ1n) is 9.72. The van der Waals surface area contributed by atoms with Crippen LogP contribution in [0.25, 0.3) is 0 Å². The van der Waals surface area contributed by atoms with E-state index in [1.54, 1.807) is 36.2 Å². The Balaban J connectivity index is 1.83. The van der Waals surface area contributed by atoms with Crippen molar-refractivity contribution in [2.75, 3.05) is 26.7 Å². The van der Waals surface area contributed by atoms with Crippen LogP contribution in [0.3, 0.4) is 0 Å². The molecule has 2 amide bonds. The van der Waals surface area contributed by atoms with Gasteiger partial charge in [-0.05, 0) is 66.4 Å². The van der Waals surface area contributed by atoms with Gasteiger partial charge in [-0.3, -0.25) is 0 Å². The van der Waals surface area contributed by atoms with Crippen molar-refractivity contribution < 1.29 is 13.6 Å². The van der Waals surface area contributed by atoms with E-state index < -0.39 is 6.67 Å². The minimum absolute atomic E-state index is 0.121. The van der Waals surface area contributed by atoms with Crippen LogP contribution in [0.2, 0.25) is 5.02 Å². The standard InChI is InChI=1S/C22H26ClF2N3O/c1-15-8-19(25)4-5-20(15)21-13-26-6-3-7-28(21)22(29)27(2)14-17-9-16(12-24)10-18(23)11-17/h4-5,8-11,21,26H,3,6-7,12-14H2,1-2H3/t21-/m1/s1. The summed E-state index contributed by atoms with van der Waals surface area (Å²) in [6, 6.07) is 9.43. The smallest absolute Gasteiger partial charge is 0.320 e. The molecule has 3 rings (SSSR count). The van der Waals surface area contributed by atoms with E-state index in [-0.39, 0.29) is 17.9 Å². The lowest BCUT2D eigenvalue weighted by atomic mass is 10.00. The van der Waals surface area contributed by atoms with Gasteiger partial charge in [-0.2, -0.15) is 0 Å². The molecule has 0 unspecified atom stereocenters. The molecule has 1 aliphatic rings. The fourth-order valence-corrected chi connectivity index (χ4v) is 4.13. The number of nitrogens with zero attached hydrogens (tertiary/aromatic N) is 2. The molecule has 156 valence electrons. The van der Waals surface area contributed by atoms with Crippen molar-refractivity contribution in [3.05, 3.63) is 69.5 Å². The van der Waals surface area contributed by atoms with Crippen LogP contribution in [-0.2, 0) is 13.2 Å². The molecule has 1 saturated heterocycles. The average Bonchev–Trinajstić information content (AvgIpc) is 2.92. The second-order valence-corrected chi connectivity index (χ2v) is 7.94. The van der Waals surface area contributed by atoms with E-state index in [1.165, 1.54) is 12.1 Å². The first kappa shape index (κ1) is 21.5. The SMILES string of the molecule is Cc1cc(F)ccc1[C@H]1CNCCCN1C(=O)N(C)Cc1cc(Cl)cc(CF)c1. The Morgan fingerprint density at radius 2 is 2.03 bits per heavy atom. The number of carbonyl (C=O) groups excluding carboxylic acids is 1. The molecular weight excluding hydrogens is 396 g/mol. The van der Waals surface area contributed by atoms with Gasteiger partial charge in [-0.25, -0.2) is 13.6 Å². The van der Waals surface area contributed by atoms with Crippen LogP contribution in [0, 0.1) is 12.7 Å². The zero-order valence-corrected chi connectivity index (χ0v) is 17.5. The summed E-state index contributed by atoms with van der Waals surface area (Å²) in [5.41, 5.74) is 3.03. The van der Waals surface area contributed by atoms with Crippen molar-refractivity contribution in [3.8, 4) is 0 Å². The molecule has 29 heavy (non-hydrogen) atoms. The van der Waals surface area contributed by atoms with Gasteiger partial charge in [-0.15, -0.1) is 0 Å². The quantitative estimate of drug-likeness (QED) is 0.766. The van der Waals surface area contributed by atoms with E-state index in [4.69, 9.17) is 11.6 Å². The van der Waals surface area contributed by atoms with Gasteiger partial charge in [0.15, 0.2) is 0 Å². The Morgan fingerprint density at radius 1 is 1.28 bits per heavy atom. The number of nitrogens with one attached hydrogen (secondary N) is 1. The van der Waals surface area contributed by atoms with Gasteiger partial charge in [0.2, 0.25) is 0 Å². The molecule has 0 bridgehead atoms. The third kappa shape index (κ3) is 5.25. The van der Waals surface area contributed by atoms with E-state index in [1.807, 2.05) is 11.8 Å². The van der Waals surface area contributed by atoms with Gasteiger partial charge in [0.05, 0.1) is 6.04 Å². The molecule has 0 saturated carbocycles. The second-order valence-electron chi connectivity index (χ2n) is 7.51. The third-order valence-electron chi connectivity index (χ3n) is 5.22. The summed E-state index contributed by atoms with van der Waals surface area (Å²) >= 11 is 6.08. The molecular formula is C22H26ClF2N3O. The van der Waals surface area contributed by atoms with Gasteiger partial charge in [0, 0.05) is 31.7 Å². The Hall–Kier alpha value is -2.18. The highest BCUT2D eigenvalue weighted by atomic mass is 35.5. The summed E-state index contributed by atoms with van der Waals surface area (Å²) in [7, 11) is 1.73. The molecule has 0 aliphatic carbocycles.